The van der Waals surface area contributed by atoms with E-state index < -0.39 is 17.3 Å². The van der Waals surface area contributed by atoms with Crippen molar-refractivity contribution in [1.82, 2.24) is 4.90 Å². The summed E-state index contributed by atoms with van der Waals surface area (Å²) < 4.78 is 0. The molecule has 2 fully saturated rings. The number of aliphatic hydroxyl groups is 3. The Morgan fingerprint density at radius 2 is 1.59 bits per heavy atom. The Balaban J connectivity index is 1.31. The summed E-state index contributed by atoms with van der Waals surface area (Å²) in [5.74, 6) is 1.02. The molecule has 156 valence electrons. The third kappa shape index (κ3) is 4.72. The van der Waals surface area contributed by atoms with Crippen LogP contribution in [0.1, 0.15) is 49.5 Å². The second-order valence-electron chi connectivity index (χ2n) is 9.73. The predicted molar refractivity (Wildman–Crippen MR) is 114 cm³/mol. The average molecular weight is 396 g/mol. The summed E-state index contributed by atoms with van der Waals surface area (Å²) in [4.78, 5) is 2.34. The van der Waals surface area contributed by atoms with Crippen LogP contribution in [0.5, 0.6) is 0 Å². The fourth-order valence-corrected chi connectivity index (χ4v) is 5.29. The maximum absolute atomic E-state index is 11.1. The van der Waals surface area contributed by atoms with Crippen molar-refractivity contribution in [3.05, 3.63) is 71.3 Å². The maximum atomic E-state index is 11.1. The number of likely N-dealkylation sites (tertiary alicyclic amines) is 1. The van der Waals surface area contributed by atoms with Crippen molar-refractivity contribution in [2.24, 2.45) is 11.8 Å². The number of fused-ring (bicyclic) bond motifs is 1. The Bertz CT molecular complexity index is 798. The van der Waals surface area contributed by atoms with Crippen LogP contribution in [0.25, 0.3) is 0 Å². The van der Waals surface area contributed by atoms with Crippen molar-refractivity contribution in [2.75, 3.05) is 19.6 Å². The minimum absolute atomic E-state index is 0.508. The minimum Gasteiger partial charge on any atom is -0.390 e. The Hall–Kier alpha value is -1.72. The Morgan fingerprint density at radius 3 is 2.14 bits per heavy atom. The molecule has 0 bridgehead atoms. The molecule has 4 nitrogen and oxygen atoms in total. The number of aliphatic hydroxyl groups excluding tert-OH is 1. The van der Waals surface area contributed by atoms with Crippen molar-refractivity contribution in [3.8, 4) is 0 Å². The summed E-state index contributed by atoms with van der Waals surface area (Å²) in [5, 5.41) is 31.9. The summed E-state index contributed by atoms with van der Waals surface area (Å²) in [7, 11) is 0. The lowest BCUT2D eigenvalue weighted by atomic mass is 9.91. The standard InChI is InChI=1S/C25H33NO3/c1-24(2,28)22-10-8-19(9-11-22)23(27)17-26-15-20-13-25(29,14-21(20)16-26)12-18-6-4-3-5-7-18/h3-11,20-21,23,27-29H,12-17H2,1-2H3/t20-,21+,23?,25?. The molecule has 0 spiro atoms. The Labute approximate surface area is 173 Å². The highest BCUT2D eigenvalue weighted by molar-refractivity contribution is 5.27. The third-order valence-corrected chi connectivity index (χ3v) is 6.75. The number of β-amino-alcohol motifs (C(OH)–C–C–N with tert-alkyl or cyclic N) is 1. The van der Waals surface area contributed by atoms with Gasteiger partial charge in [-0.05, 0) is 55.2 Å². The molecular formula is C25H33NO3. The molecule has 29 heavy (non-hydrogen) atoms. The first-order chi connectivity index (χ1) is 13.7. The highest BCUT2D eigenvalue weighted by Crippen LogP contribution is 2.45. The van der Waals surface area contributed by atoms with Crippen LogP contribution in [0.15, 0.2) is 54.6 Å². The summed E-state index contributed by atoms with van der Waals surface area (Å²) >= 11 is 0. The maximum Gasteiger partial charge on any atom is 0.0916 e. The lowest BCUT2D eigenvalue weighted by molar-refractivity contribution is 0.0328. The Morgan fingerprint density at radius 1 is 1.00 bits per heavy atom. The van der Waals surface area contributed by atoms with E-state index in [1.54, 1.807) is 13.8 Å². The largest absolute Gasteiger partial charge is 0.390 e. The Kier molecular flexibility index (Phi) is 5.56. The smallest absolute Gasteiger partial charge is 0.0916 e. The lowest BCUT2D eigenvalue weighted by Gasteiger charge is -2.27. The van der Waals surface area contributed by atoms with E-state index in [4.69, 9.17) is 0 Å². The van der Waals surface area contributed by atoms with Gasteiger partial charge in [-0.15, -0.1) is 0 Å². The van der Waals surface area contributed by atoms with E-state index in [0.717, 1.165) is 43.5 Å². The van der Waals surface area contributed by atoms with Gasteiger partial charge in [0.15, 0.2) is 0 Å². The molecule has 4 atom stereocenters. The third-order valence-electron chi connectivity index (χ3n) is 6.75. The van der Waals surface area contributed by atoms with Gasteiger partial charge in [-0.3, -0.25) is 4.90 Å². The first-order valence-electron chi connectivity index (χ1n) is 10.7. The van der Waals surface area contributed by atoms with E-state index in [2.05, 4.69) is 17.0 Å². The van der Waals surface area contributed by atoms with Crippen LogP contribution in [0, 0.1) is 11.8 Å². The second kappa shape index (κ2) is 7.84. The molecule has 1 aliphatic carbocycles. The van der Waals surface area contributed by atoms with Gasteiger partial charge in [-0.25, -0.2) is 0 Å². The van der Waals surface area contributed by atoms with Gasteiger partial charge in [-0.2, -0.15) is 0 Å². The summed E-state index contributed by atoms with van der Waals surface area (Å²) in [6.07, 6.45) is 1.89. The van der Waals surface area contributed by atoms with Gasteiger partial charge >= 0.3 is 0 Å². The van der Waals surface area contributed by atoms with Crippen molar-refractivity contribution in [2.45, 2.75) is 50.4 Å². The monoisotopic (exact) mass is 395 g/mol. The van der Waals surface area contributed by atoms with E-state index >= 15 is 0 Å². The highest BCUT2D eigenvalue weighted by Gasteiger charge is 2.48. The highest BCUT2D eigenvalue weighted by atomic mass is 16.3. The van der Waals surface area contributed by atoms with E-state index in [-0.39, 0.29) is 0 Å². The molecule has 2 aromatic carbocycles. The number of hydrogen-bond donors (Lipinski definition) is 3. The van der Waals surface area contributed by atoms with Crippen LogP contribution in [-0.4, -0.2) is 45.5 Å². The van der Waals surface area contributed by atoms with E-state index in [1.165, 1.54) is 5.56 Å². The van der Waals surface area contributed by atoms with Crippen molar-refractivity contribution in [1.29, 1.82) is 0 Å². The molecule has 1 saturated carbocycles. The molecule has 4 heteroatoms. The zero-order valence-electron chi connectivity index (χ0n) is 17.5. The SMILES string of the molecule is CC(C)(O)c1ccc(C(O)CN2C[C@@H]3CC(O)(Cc4ccccc4)C[C@@H]3C2)cc1. The second-order valence-corrected chi connectivity index (χ2v) is 9.73. The van der Waals surface area contributed by atoms with Crippen LogP contribution in [-0.2, 0) is 12.0 Å². The van der Waals surface area contributed by atoms with E-state index in [0.29, 0.717) is 18.4 Å². The van der Waals surface area contributed by atoms with Crippen molar-refractivity contribution in [3.63, 3.8) is 0 Å². The van der Waals surface area contributed by atoms with E-state index in [9.17, 15) is 15.3 Å². The fourth-order valence-electron chi connectivity index (χ4n) is 5.29. The van der Waals surface area contributed by atoms with Gasteiger partial charge in [0.05, 0.1) is 17.3 Å². The molecule has 4 rings (SSSR count). The van der Waals surface area contributed by atoms with Gasteiger partial charge in [0.25, 0.3) is 0 Å². The number of nitrogens with zero attached hydrogens (tertiary/aromatic N) is 1. The number of rotatable bonds is 6. The van der Waals surface area contributed by atoms with Crippen LogP contribution in [0.3, 0.4) is 0 Å². The number of benzene rings is 2. The fraction of sp³-hybridized carbons (Fsp3) is 0.520. The van der Waals surface area contributed by atoms with Gasteiger partial charge in [-0.1, -0.05) is 54.6 Å². The molecule has 0 aromatic heterocycles. The van der Waals surface area contributed by atoms with E-state index in [1.807, 2.05) is 42.5 Å². The van der Waals surface area contributed by atoms with Gasteiger partial charge in [0, 0.05) is 26.1 Å². The van der Waals surface area contributed by atoms with Gasteiger partial charge < -0.3 is 15.3 Å². The first-order valence-corrected chi connectivity index (χ1v) is 10.7. The van der Waals surface area contributed by atoms with Crippen LogP contribution in [0.2, 0.25) is 0 Å². The van der Waals surface area contributed by atoms with Gasteiger partial charge in [0.2, 0.25) is 0 Å². The normalized spacial score (nSPS) is 28.4. The summed E-state index contributed by atoms with van der Waals surface area (Å²) in [6, 6.07) is 17.9. The minimum atomic E-state index is -0.869. The molecular weight excluding hydrogens is 362 g/mol. The molecule has 2 aliphatic rings. The first kappa shape index (κ1) is 20.5. The average Bonchev–Trinajstić information content (AvgIpc) is 3.15. The molecule has 1 saturated heterocycles. The predicted octanol–water partition coefficient (Wildman–Crippen LogP) is 3.26. The van der Waals surface area contributed by atoms with Crippen LogP contribution >= 0.6 is 0 Å². The molecule has 0 radical (unpaired) electrons. The zero-order chi connectivity index (χ0) is 20.6. The van der Waals surface area contributed by atoms with Crippen LogP contribution < -0.4 is 0 Å². The topological polar surface area (TPSA) is 63.9 Å². The van der Waals surface area contributed by atoms with Gasteiger partial charge in [0.1, 0.15) is 0 Å². The van der Waals surface area contributed by atoms with Crippen molar-refractivity contribution >= 4 is 0 Å². The van der Waals surface area contributed by atoms with Crippen molar-refractivity contribution < 1.29 is 15.3 Å². The lowest BCUT2D eigenvalue weighted by Crippen LogP contribution is -2.33. The molecule has 1 aliphatic heterocycles. The zero-order valence-corrected chi connectivity index (χ0v) is 17.5. The quantitative estimate of drug-likeness (QED) is 0.703. The molecule has 3 N–H and O–H groups in total. The molecule has 2 aromatic rings. The molecule has 1 heterocycles. The summed E-state index contributed by atoms with van der Waals surface area (Å²) in [6.45, 7) is 6.04. The molecule has 2 unspecified atom stereocenters. The van der Waals surface area contributed by atoms with Crippen LogP contribution in [0.4, 0.5) is 0 Å². The summed E-state index contributed by atoms with van der Waals surface area (Å²) in [5.41, 5.74) is 1.48. The number of hydrogen-bond acceptors (Lipinski definition) is 4. The molecule has 0 amide bonds.